The molecular weight excluding hydrogens is 744 g/mol. The molecule has 1 aliphatic rings. The molecule has 0 bridgehead atoms. The lowest BCUT2D eigenvalue weighted by molar-refractivity contribution is -0.149. The van der Waals surface area contributed by atoms with E-state index in [-0.39, 0.29) is 30.4 Å². The van der Waals surface area contributed by atoms with Crippen LogP contribution in [0.1, 0.15) is 71.0 Å². The third-order valence-corrected chi connectivity index (χ3v) is 10.1. The molecule has 48 heavy (non-hydrogen) atoms. The van der Waals surface area contributed by atoms with Gasteiger partial charge in [0.05, 0.1) is 27.6 Å². The minimum Gasteiger partial charge on any atom is -0.507 e. The summed E-state index contributed by atoms with van der Waals surface area (Å²) < 4.78 is 6.88. The van der Waals surface area contributed by atoms with Gasteiger partial charge in [0, 0.05) is 30.3 Å². The first-order valence-corrected chi connectivity index (χ1v) is 17.7. The highest BCUT2D eigenvalue weighted by Crippen LogP contribution is 2.31. The number of fused-ring (bicyclic) bond motifs is 1. The Morgan fingerprint density at radius 2 is 1.67 bits per heavy atom. The van der Waals surface area contributed by atoms with Crippen LogP contribution in [0.4, 0.5) is 0 Å². The van der Waals surface area contributed by atoms with Gasteiger partial charge in [-0.25, -0.2) is 0 Å². The fourth-order valence-corrected chi connectivity index (χ4v) is 7.30. The maximum atomic E-state index is 14.4. The zero-order valence-corrected chi connectivity index (χ0v) is 31.3. The van der Waals surface area contributed by atoms with Crippen molar-refractivity contribution in [1.29, 1.82) is 0 Å². The number of phenolic OH excluding ortho intramolecular Hbond substituents is 1. The van der Waals surface area contributed by atoms with E-state index in [0.717, 1.165) is 22.0 Å². The van der Waals surface area contributed by atoms with Gasteiger partial charge in [-0.3, -0.25) is 19.2 Å². The lowest BCUT2D eigenvalue weighted by Crippen LogP contribution is -2.55. The van der Waals surface area contributed by atoms with E-state index in [9.17, 15) is 24.3 Å². The first-order valence-electron chi connectivity index (χ1n) is 16.1. The Labute approximate surface area is 298 Å². The molecule has 0 saturated carbocycles. The molecule has 3 amide bonds. The molecule has 3 aromatic rings. The summed E-state index contributed by atoms with van der Waals surface area (Å²) in [6.07, 6.45) is 2.70. The molecule has 12 heteroatoms. The van der Waals surface area contributed by atoms with Crippen molar-refractivity contribution in [3.05, 3.63) is 74.3 Å². The number of allylic oxidation sites excluding steroid dienone is 2. The second kappa shape index (κ2) is 16.2. The average Bonchev–Trinajstić information content (AvgIpc) is 3.33. The summed E-state index contributed by atoms with van der Waals surface area (Å²) in [6.45, 7) is 9.25. The Bertz CT molecular complexity index is 1700. The molecule has 0 radical (unpaired) electrons. The van der Waals surface area contributed by atoms with Crippen molar-refractivity contribution in [1.82, 2.24) is 20.5 Å². The highest BCUT2D eigenvalue weighted by molar-refractivity contribution is 9.10. The molecule has 1 aliphatic heterocycles. The van der Waals surface area contributed by atoms with Crippen LogP contribution in [0, 0.1) is 11.8 Å². The SMILES string of the molecule is C/C1=C\[C@H](C)C[C@H](C)OC(=O)C[C@H](c2ccc(O)c(Br)c2)NC(=O)[C@@H](Cc2c(Br)[nH]c3ccccc23)N(C)C(=O)[C@H](C)NC(=O)[C@@H](C)C1. The monoisotopic (exact) mass is 786 g/mol. The fraction of sp³-hybridized carbons (Fsp3) is 0.444. The molecular formula is C36H44Br2N4O6. The summed E-state index contributed by atoms with van der Waals surface area (Å²) in [5.41, 5.74) is 3.24. The number of amides is 3. The van der Waals surface area contributed by atoms with Gasteiger partial charge < -0.3 is 30.4 Å². The number of nitrogens with zero attached hydrogens (tertiary/aromatic N) is 1. The number of ether oxygens (including phenoxy) is 1. The molecule has 4 rings (SSSR count). The summed E-state index contributed by atoms with van der Waals surface area (Å²) in [5, 5.41) is 16.9. The number of aromatic amines is 1. The maximum Gasteiger partial charge on any atom is 0.308 e. The zero-order chi connectivity index (χ0) is 35.3. The van der Waals surface area contributed by atoms with Gasteiger partial charge >= 0.3 is 5.97 Å². The van der Waals surface area contributed by atoms with Crippen LogP contribution in [-0.4, -0.2) is 63.9 Å². The van der Waals surface area contributed by atoms with Crippen LogP contribution in [0.25, 0.3) is 10.9 Å². The molecule has 258 valence electrons. The zero-order valence-electron chi connectivity index (χ0n) is 28.1. The Morgan fingerprint density at radius 3 is 2.38 bits per heavy atom. The highest BCUT2D eigenvalue weighted by atomic mass is 79.9. The number of H-pyrrole nitrogens is 1. The van der Waals surface area contributed by atoms with Crippen molar-refractivity contribution in [2.24, 2.45) is 11.8 Å². The van der Waals surface area contributed by atoms with Gasteiger partial charge in [0.25, 0.3) is 0 Å². The molecule has 0 saturated heterocycles. The molecule has 2 aromatic carbocycles. The molecule has 0 aliphatic carbocycles. The summed E-state index contributed by atoms with van der Waals surface area (Å²) in [5.74, 6) is -2.01. The van der Waals surface area contributed by atoms with E-state index in [1.165, 1.54) is 11.0 Å². The largest absolute Gasteiger partial charge is 0.507 e. The summed E-state index contributed by atoms with van der Waals surface area (Å²) in [7, 11) is 1.54. The number of hydrogen-bond donors (Lipinski definition) is 4. The first-order chi connectivity index (χ1) is 22.6. The second-order valence-corrected chi connectivity index (χ2v) is 14.6. The van der Waals surface area contributed by atoms with Gasteiger partial charge in [-0.15, -0.1) is 0 Å². The predicted octanol–water partition coefficient (Wildman–Crippen LogP) is 6.46. The highest BCUT2D eigenvalue weighted by Gasteiger charge is 2.34. The molecule has 6 atom stereocenters. The van der Waals surface area contributed by atoms with Gasteiger partial charge in [-0.1, -0.05) is 49.8 Å². The van der Waals surface area contributed by atoms with Gasteiger partial charge in [0.1, 0.15) is 17.8 Å². The maximum absolute atomic E-state index is 14.4. The number of likely N-dealkylation sites (N-methyl/N-ethyl adjacent to an activating group) is 1. The number of hydrogen-bond acceptors (Lipinski definition) is 6. The fourth-order valence-electron chi connectivity index (χ4n) is 6.31. The van der Waals surface area contributed by atoms with Gasteiger partial charge in [-0.05, 0) is 101 Å². The number of aromatic hydroxyl groups is 1. The molecule has 4 N–H and O–H groups in total. The van der Waals surface area contributed by atoms with Crippen molar-refractivity contribution in [3.63, 3.8) is 0 Å². The van der Waals surface area contributed by atoms with Crippen LogP contribution in [0.2, 0.25) is 0 Å². The summed E-state index contributed by atoms with van der Waals surface area (Å²) in [4.78, 5) is 59.4. The number of halogens is 2. The molecule has 0 spiro atoms. The molecule has 0 unspecified atom stereocenters. The quantitative estimate of drug-likeness (QED) is 0.177. The van der Waals surface area contributed by atoms with Crippen LogP contribution < -0.4 is 10.6 Å². The van der Waals surface area contributed by atoms with Gasteiger partial charge in [0.15, 0.2) is 0 Å². The Hall–Kier alpha value is -3.64. The third kappa shape index (κ3) is 9.28. The van der Waals surface area contributed by atoms with Gasteiger partial charge in [-0.2, -0.15) is 0 Å². The molecule has 10 nitrogen and oxygen atoms in total. The van der Waals surface area contributed by atoms with E-state index in [1.54, 1.807) is 26.1 Å². The van der Waals surface area contributed by atoms with Crippen LogP contribution in [0.5, 0.6) is 5.75 Å². The number of phenols is 1. The second-order valence-electron chi connectivity index (χ2n) is 13.0. The van der Waals surface area contributed by atoms with Crippen LogP contribution in [0.3, 0.4) is 0 Å². The Balaban J connectivity index is 1.76. The number of aromatic nitrogens is 1. The van der Waals surface area contributed by atoms with Crippen LogP contribution in [-0.2, 0) is 30.3 Å². The lowest BCUT2D eigenvalue weighted by atomic mass is 9.95. The van der Waals surface area contributed by atoms with Crippen molar-refractivity contribution < 1.29 is 29.0 Å². The van der Waals surface area contributed by atoms with Crippen molar-refractivity contribution in [2.45, 2.75) is 84.5 Å². The number of esters is 1. The van der Waals surface area contributed by atoms with Crippen LogP contribution in [0.15, 0.2) is 63.2 Å². The third-order valence-electron chi connectivity index (χ3n) is 8.75. The van der Waals surface area contributed by atoms with Crippen molar-refractivity contribution >= 4 is 66.5 Å². The number of cyclic esters (lactones) is 1. The standard InChI is InChI=1S/C36H44Br2N4O6/c1-19-13-20(2)15-22(4)48-32(44)18-29(24-11-12-31(43)27(37)16-24)41-35(46)30(17-26-25-9-7-8-10-28(25)40-33(26)38)42(6)36(47)23(5)39-34(45)21(3)14-19/h7-13,16,20-23,29-30,40,43H,14-15,17-18H2,1-6H3,(H,39,45)(H,41,46)/b19-13+/t20-,21-,22-,23-,29+,30+/m0/s1. The minimum atomic E-state index is -1.03. The van der Waals surface area contributed by atoms with Crippen molar-refractivity contribution in [3.8, 4) is 5.75 Å². The number of nitrogens with one attached hydrogen (secondary N) is 3. The van der Waals surface area contributed by atoms with E-state index in [0.29, 0.717) is 27.5 Å². The number of rotatable bonds is 3. The topological polar surface area (TPSA) is 141 Å². The average molecular weight is 789 g/mol. The molecule has 1 aromatic heterocycles. The van der Waals surface area contributed by atoms with E-state index < -0.39 is 47.9 Å². The lowest BCUT2D eigenvalue weighted by Gasteiger charge is -2.32. The number of para-hydroxylation sites is 1. The van der Waals surface area contributed by atoms with Crippen molar-refractivity contribution in [2.75, 3.05) is 7.05 Å². The smallest absolute Gasteiger partial charge is 0.308 e. The van der Waals surface area contributed by atoms with Gasteiger partial charge in [0.2, 0.25) is 17.7 Å². The minimum absolute atomic E-state index is 0.00691. The van der Waals surface area contributed by atoms with E-state index in [4.69, 9.17) is 4.74 Å². The van der Waals surface area contributed by atoms with E-state index in [1.807, 2.05) is 52.0 Å². The Kier molecular flexibility index (Phi) is 12.5. The predicted molar refractivity (Wildman–Crippen MR) is 192 cm³/mol. The number of carbonyl (C=O) groups excluding carboxylic acids is 4. The van der Waals surface area contributed by atoms with E-state index >= 15 is 0 Å². The number of benzene rings is 2. The number of carbonyl (C=O) groups is 4. The Morgan fingerprint density at radius 1 is 0.958 bits per heavy atom. The van der Waals surface area contributed by atoms with E-state index in [2.05, 4.69) is 53.6 Å². The normalized spacial score (nSPS) is 26.8. The van der Waals surface area contributed by atoms with Crippen LogP contribution >= 0.6 is 31.9 Å². The summed E-state index contributed by atoms with van der Waals surface area (Å²) in [6, 6.07) is 9.63. The molecule has 2 heterocycles. The summed E-state index contributed by atoms with van der Waals surface area (Å²) >= 11 is 6.94. The first kappa shape index (κ1) is 37.2. The molecule has 0 fully saturated rings.